The van der Waals surface area contributed by atoms with Crippen LogP contribution in [0.4, 0.5) is 4.39 Å². The molecule has 7 heteroatoms. The zero-order valence-electron chi connectivity index (χ0n) is 11.8. The van der Waals surface area contributed by atoms with Crippen molar-refractivity contribution in [3.63, 3.8) is 0 Å². The normalized spacial score (nSPS) is 20.7. The van der Waals surface area contributed by atoms with E-state index >= 15 is 0 Å². The van der Waals surface area contributed by atoms with Gasteiger partial charge < -0.3 is 4.42 Å². The molecular formula is C15H16FNO3S2. The molecule has 3 rings (SSSR count). The van der Waals surface area contributed by atoms with Crippen LogP contribution in [0.1, 0.15) is 17.4 Å². The molecule has 0 radical (unpaired) electrons. The number of hydrogen-bond acceptors (Lipinski definition) is 4. The van der Waals surface area contributed by atoms with E-state index in [4.69, 9.17) is 4.42 Å². The smallest absolute Gasteiger partial charge is 0.243 e. The number of rotatable bonds is 3. The highest BCUT2D eigenvalue weighted by atomic mass is 32.2. The molecule has 0 spiro atoms. The average molecular weight is 341 g/mol. The van der Waals surface area contributed by atoms with Gasteiger partial charge in [0.05, 0.1) is 16.4 Å². The molecule has 1 aromatic heterocycles. The number of nitrogens with zero attached hydrogens (tertiary/aromatic N) is 1. The average Bonchev–Trinajstić information content (AvgIpc) is 2.91. The Labute approximate surface area is 133 Å². The number of thioether (sulfide) groups is 1. The summed E-state index contributed by atoms with van der Waals surface area (Å²) in [6.45, 7) is 0.817. The first-order chi connectivity index (χ1) is 10.6. The summed E-state index contributed by atoms with van der Waals surface area (Å²) in [6.07, 6.45) is 2.30. The maximum Gasteiger partial charge on any atom is 0.243 e. The first-order valence-corrected chi connectivity index (χ1v) is 9.47. The predicted octanol–water partition coefficient (Wildman–Crippen LogP) is 3.29. The molecule has 1 fully saturated rings. The zero-order chi connectivity index (χ0) is 15.6. The number of hydrogen-bond donors (Lipinski definition) is 0. The number of benzene rings is 1. The maximum atomic E-state index is 13.3. The summed E-state index contributed by atoms with van der Waals surface area (Å²) < 4.78 is 45.4. The summed E-state index contributed by atoms with van der Waals surface area (Å²) >= 11 is 1.69. The molecule has 2 aromatic rings. The van der Waals surface area contributed by atoms with Crippen LogP contribution in [-0.4, -0.2) is 31.6 Å². The van der Waals surface area contributed by atoms with Gasteiger partial charge >= 0.3 is 0 Å². The lowest BCUT2D eigenvalue weighted by Crippen LogP contribution is -2.33. The van der Waals surface area contributed by atoms with Crippen molar-refractivity contribution in [2.75, 3.05) is 18.8 Å². The van der Waals surface area contributed by atoms with Crippen molar-refractivity contribution in [2.24, 2.45) is 0 Å². The van der Waals surface area contributed by atoms with Crippen molar-refractivity contribution in [2.45, 2.75) is 16.6 Å². The quantitative estimate of drug-likeness (QED) is 0.860. The van der Waals surface area contributed by atoms with Crippen molar-refractivity contribution in [1.82, 2.24) is 4.31 Å². The third kappa shape index (κ3) is 3.21. The summed E-state index contributed by atoms with van der Waals surface area (Å²) in [6, 6.07) is 8.90. The zero-order valence-corrected chi connectivity index (χ0v) is 13.4. The Balaban J connectivity index is 1.78. The van der Waals surface area contributed by atoms with Crippen LogP contribution in [0, 0.1) is 5.82 Å². The van der Waals surface area contributed by atoms with Gasteiger partial charge in [-0.05, 0) is 36.8 Å². The highest BCUT2D eigenvalue weighted by molar-refractivity contribution is 7.99. The Morgan fingerprint density at radius 1 is 1.23 bits per heavy atom. The van der Waals surface area contributed by atoms with E-state index in [9.17, 15) is 12.8 Å². The molecule has 0 aliphatic carbocycles. The Bertz CT molecular complexity index is 731. The van der Waals surface area contributed by atoms with Gasteiger partial charge in [0.15, 0.2) is 0 Å². The van der Waals surface area contributed by atoms with Gasteiger partial charge in [-0.2, -0.15) is 4.31 Å². The molecule has 1 aliphatic rings. The van der Waals surface area contributed by atoms with E-state index in [0.717, 1.165) is 11.8 Å². The Morgan fingerprint density at radius 2 is 2.09 bits per heavy atom. The number of furan rings is 1. The molecule has 0 bridgehead atoms. The lowest BCUT2D eigenvalue weighted by atomic mass is 10.2. The van der Waals surface area contributed by atoms with Gasteiger partial charge in [0.1, 0.15) is 11.6 Å². The van der Waals surface area contributed by atoms with Crippen LogP contribution in [0.25, 0.3) is 0 Å². The van der Waals surface area contributed by atoms with Crippen LogP contribution in [0.5, 0.6) is 0 Å². The van der Waals surface area contributed by atoms with E-state index in [-0.39, 0.29) is 10.1 Å². The van der Waals surface area contributed by atoms with E-state index in [1.165, 1.54) is 22.5 Å². The van der Waals surface area contributed by atoms with Gasteiger partial charge in [0.2, 0.25) is 10.0 Å². The van der Waals surface area contributed by atoms with E-state index in [1.807, 2.05) is 12.1 Å². The largest absolute Gasteiger partial charge is 0.468 e. The second kappa shape index (κ2) is 6.44. The van der Waals surface area contributed by atoms with Crippen molar-refractivity contribution in [3.8, 4) is 0 Å². The molecule has 22 heavy (non-hydrogen) atoms. The first-order valence-electron chi connectivity index (χ1n) is 6.98. The molecule has 1 aromatic carbocycles. The monoisotopic (exact) mass is 341 g/mol. The Morgan fingerprint density at radius 3 is 2.82 bits per heavy atom. The minimum absolute atomic E-state index is 0.00829. The second-order valence-corrected chi connectivity index (χ2v) is 8.27. The van der Waals surface area contributed by atoms with Crippen molar-refractivity contribution in [3.05, 3.63) is 54.2 Å². The lowest BCUT2D eigenvalue weighted by molar-refractivity contribution is 0.417. The van der Waals surface area contributed by atoms with Gasteiger partial charge in [-0.15, -0.1) is 11.8 Å². The topological polar surface area (TPSA) is 50.5 Å². The highest BCUT2D eigenvalue weighted by Gasteiger charge is 2.29. The molecule has 0 N–H and O–H groups in total. The number of halogens is 1. The fourth-order valence-corrected chi connectivity index (χ4v) is 5.25. The van der Waals surface area contributed by atoms with E-state index in [0.29, 0.717) is 25.3 Å². The molecule has 0 saturated carbocycles. The summed E-state index contributed by atoms with van der Waals surface area (Å²) in [7, 11) is -3.65. The van der Waals surface area contributed by atoms with Crippen molar-refractivity contribution < 1.29 is 17.2 Å². The van der Waals surface area contributed by atoms with Crippen LogP contribution < -0.4 is 0 Å². The van der Waals surface area contributed by atoms with Crippen LogP contribution in [0.3, 0.4) is 0 Å². The third-order valence-electron chi connectivity index (χ3n) is 3.59. The van der Waals surface area contributed by atoms with Crippen molar-refractivity contribution >= 4 is 21.8 Å². The molecule has 1 aliphatic heterocycles. The van der Waals surface area contributed by atoms with Crippen LogP contribution in [0.15, 0.2) is 52.0 Å². The summed E-state index contributed by atoms with van der Waals surface area (Å²) in [5.41, 5.74) is 0. The number of sulfonamides is 1. The van der Waals surface area contributed by atoms with Crippen LogP contribution in [0.2, 0.25) is 0 Å². The molecule has 118 valence electrons. The minimum Gasteiger partial charge on any atom is -0.468 e. The summed E-state index contributed by atoms with van der Waals surface area (Å²) in [5.74, 6) is 1.01. The maximum absolute atomic E-state index is 13.3. The van der Waals surface area contributed by atoms with E-state index in [2.05, 4.69) is 0 Å². The molecule has 4 nitrogen and oxygen atoms in total. The summed E-state index contributed by atoms with van der Waals surface area (Å²) in [4.78, 5) is 0.00829. The molecule has 1 saturated heterocycles. The molecule has 2 heterocycles. The van der Waals surface area contributed by atoms with Gasteiger partial charge in [-0.3, -0.25) is 0 Å². The lowest BCUT2D eigenvalue weighted by Gasteiger charge is -2.19. The first kappa shape index (κ1) is 15.6. The molecule has 1 unspecified atom stereocenters. The van der Waals surface area contributed by atoms with Crippen LogP contribution >= 0.6 is 11.8 Å². The van der Waals surface area contributed by atoms with Gasteiger partial charge in [0.25, 0.3) is 0 Å². The fourth-order valence-electron chi connectivity index (χ4n) is 2.47. The van der Waals surface area contributed by atoms with Crippen molar-refractivity contribution in [1.29, 1.82) is 0 Å². The SMILES string of the molecule is O=S(=O)(c1cccc(F)c1)N1CCSC(c2ccco2)CC1. The Kier molecular flexibility index (Phi) is 4.56. The highest BCUT2D eigenvalue weighted by Crippen LogP contribution is 2.35. The minimum atomic E-state index is -3.65. The molecule has 0 amide bonds. The van der Waals surface area contributed by atoms with Gasteiger partial charge in [-0.1, -0.05) is 6.07 Å². The van der Waals surface area contributed by atoms with Gasteiger partial charge in [0, 0.05) is 18.8 Å². The van der Waals surface area contributed by atoms with E-state index in [1.54, 1.807) is 18.0 Å². The Hall–Kier alpha value is -1.31. The summed E-state index contributed by atoms with van der Waals surface area (Å²) in [5, 5.41) is 0.155. The van der Waals surface area contributed by atoms with Gasteiger partial charge in [-0.25, -0.2) is 12.8 Å². The van der Waals surface area contributed by atoms with Crippen LogP contribution in [-0.2, 0) is 10.0 Å². The second-order valence-electron chi connectivity index (χ2n) is 5.02. The standard InChI is InChI=1S/C15H16FNO3S2/c16-12-3-1-4-13(11-12)22(18,19)17-7-6-15(21-10-8-17)14-5-2-9-20-14/h1-5,9,11,15H,6-8,10H2. The predicted molar refractivity (Wildman–Crippen MR) is 83.7 cm³/mol. The van der Waals surface area contributed by atoms with E-state index < -0.39 is 15.8 Å². The molecular weight excluding hydrogens is 325 g/mol. The molecule has 1 atom stereocenters. The third-order valence-corrected chi connectivity index (χ3v) is 6.78. The fraction of sp³-hybridized carbons (Fsp3) is 0.333.